The number of aliphatic imine (C=N–C) groups is 2. The highest BCUT2D eigenvalue weighted by Gasteiger charge is 2.30. The molecule has 5 heterocycles. The molecular formula is C51H42N8O4S. The monoisotopic (exact) mass is 862 g/mol. The fourth-order valence-electron chi connectivity index (χ4n) is 8.06. The number of fused-ring (bicyclic) bond motifs is 6. The SMILES string of the molecule is CC(=O)Nc1ccc(C2=C3C=CC(=N3)C(c3ccc(NC(C)=O)cc3)=c3ccc([nH]3)=C(c3ccc(NC(C)=O)cc3)C3=NC(=C(c4ccc(NC(C)=O)cc4)C4NC2=CS4)C=C3)cc1. The van der Waals surface area contributed by atoms with Gasteiger partial charge in [-0.05, 0) is 113 Å². The van der Waals surface area contributed by atoms with Gasteiger partial charge >= 0.3 is 0 Å². The maximum absolute atomic E-state index is 11.9. The number of thioether (sulfide) groups is 1. The smallest absolute Gasteiger partial charge is 0.221 e. The Labute approximate surface area is 373 Å². The first-order chi connectivity index (χ1) is 30.9. The van der Waals surface area contributed by atoms with E-state index in [0.717, 1.165) is 83.8 Å². The summed E-state index contributed by atoms with van der Waals surface area (Å²) in [6.45, 7) is 5.93. The Morgan fingerprint density at radius 2 is 0.844 bits per heavy atom. The van der Waals surface area contributed by atoms with Gasteiger partial charge in [0, 0.05) is 83.4 Å². The number of hydrogen-bond acceptors (Lipinski definition) is 8. The second-order valence-electron chi connectivity index (χ2n) is 15.5. The van der Waals surface area contributed by atoms with E-state index in [1.54, 1.807) is 11.8 Å². The third-order valence-electron chi connectivity index (χ3n) is 10.7. The van der Waals surface area contributed by atoms with Gasteiger partial charge in [0.15, 0.2) is 0 Å². The van der Waals surface area contributed by atoms with E-state index in [0.29, 0.717) is 22.7 Å². The number of anilines is 4. The Morgan fingerprint density at radius 3 is 1.27 bits per heavy atom. The molecule has 5 aromatic rings. The highest BCUT2D eigenvalue weighted by Crippen LogP contribution is 2.42. The zero-order valence-corrected chi connectivity index (χ0v) is 36.1. The highest BCUT2D eigenvalue weighted by atomic mass is 32.2. The van der Waals surface area contributed by atoms with Crippen LogP contribution in [0.4, 0.5) is 22.7 Å². The molecule has 4 aromatic carbocycles. The average Bonchev–Trinajstić information content (AvgIpc) is 4.11. The molecule has 0 saturated heterocycles. The molecule has 1 atom stereocenters. The first-order valence-corrected chi connectivity index (χ1v) is 21.5. The van der Waals surface area contributed by atoms with E-state index >= 15 is 0 Å². The van der Waals surface area contributed by atoms with Gasteiger partial charge in [0.25, 0.3) is 0 Å². The van der Waals surface area contributed by atoms with Gasteiger partial charge in [0.1, 0.15) is 5.37 Å². The van der Waals surface area contributed by atoms with Gasteiger partial charge in [-0.15, -0.1) is 11.8 Å². The summed E-state index contributed by atoms with van der Waals surface area (Å²) in [7, 11) is 0. The molecule has 4 aliphatic rings. The largest absolute Gasteiger partial charge is 0.368 e. The Balaban J connectivity index is 1.31. The lowest BCUT2D eigenvalue weighted by molar-refractivity contribution is -0.115. The van der Waals surface area contributed by atoms with Crippen molar-refractivity contribution in [2.45, 2.75) is 33.1 Å². The zero-order valence-electron chi connectivity index (χ0n) is 35.3. The summed E-state index contributed by atoms with van der Waals surface area (Å²) < 4.78 is 0. The van der Waals surface area contributed by atoms with Crippen LogP contribution in [0.25, 0.3) is 22.3 Å². The lowest BCUT2D eigenvalue weighted by atomic mass is 9.99. The van der Waals surface area contributed by atoms with E-state index in [1.165, 1.54) is 27.7 Å². The maximum atomic E-state index is 11.9. The first-order valence-electron chi connectivity index (χ1n) is 20.6. The van der Waals surface area contributed by atoms with Gasteiger partial charge in [-0.3, -0.25) is 19.2 Å². The number of nitrogens with zero attached hydrogens (tertiary/aromatic N) is 2. The number of carbonyl (C=O) groups excluding carboxylic acids is 4. The van der Waals surface area contributed by atoms with Crippen molar-refractivity contribution in [3.8, 4) is 0 Å². The van der Waals surface area contributed by atoms with Gasteiger partial charge in [0.05, 0.1) is 28.5 Å². The second-order valence-corrected chi connectivity index (χ2v) is 16.5. The number of amides is 4. The molecule has 12 nitrogen and oxygen atoms in total. The lowest BCUT2D eigenvalue weighted by Crippen LogP contribution is -2.24. The highest BCUT2D eigenvalue weighted by molar-refractivity contribution is 8.03. The average molecular weight is 863 g/mol. The summed E-state index contributed by atoms with van der Waals surface area (Å²) >= 11 is 1.62. The number of aromatic amines is 1. The number of rotatable bonds is 8. The normalized spacial score (nSPS) is 16.2. The lowest BCUT2D eigenvalue weighted by Gasteiger charge is -2.21. The summed E-state index contributed by atoms with van der Waals surface area (Å²) in [6.07, 6.45) is 8.09. The van der Waals surface area contributed by atoms with E-state index in [-0.39, 0.29) is 29.0 Å². The second kappa shape index (κ2) is 17.4. The number of nitrogens with one attached hydrogen (secondary N) is 6. The van der Waals surface area contributed by atoms with Crippen molar-refractivity contribution in [3.63, 3.8) is 0 Å². The maximum Gasteiger partial charge on any atom is 0.221 e. The van der Waals surface area contributed by atoms with Crippen LogP contribution >= 0.6 is 11.8 Å². The molecule has 0 radical (unpaired) electrons. The quantitative estimate of drug-likeness (QED) is 0.0939. The predicted octanol–water partition coefficient (Wildman–Crippen LogP) is 7.61. The molecule has 0 fully saturated rings. The van der Waals surface area contributed by atoms with Crippen LogP contribution in [-0.2, 0) is 19.2 Å². The molecule has 0 spiro atoms. The molecule has 8 bridgehead atoms. The minimum absolute atomic E-state index is 0.156. The molecule has 64 heavy (non-hydrogen) atoms. The van der Waals surface area contributed by atoms with Crippen LogP contribution in [0.3, 0.4) is 0 Å². The minimum Gasteiger partial charge on any atom is -0.368 e. The number of hydrogen-bond donors (Lipinski definition) is 6. The molecular weight excluding hydrogens is 821 g/mol. The molecule has 6 N–H and O–H groups in total. The number of allylic oxidation sites excluding steroid dienone is 5. The van der Waals surface area contributed by atoms with E-state index < -0.39 is 0 Å². The number of aromatic nitrogens is 1. The Hall–Kier alpha value is -8.03. The summed E-state index contributed by atoms with van der Waals surface area (Å²) in [6, 6.07) is 35.0. The number of benzene rings is 4. The number of carbonyl (C=O) groups is 4. The Morgan fingerprint density at radius 1 is 0.469 bits per heavy atom. The fraction of sp³-hybridized carbons (Fsp3) is 0.0980. The van der Waals surface area contributed by atoms with Gasteiger partial charge in [-0.25, -0.2) is 9.98 Å². The summed E-state index contributed by atoms with van der Waals surface area (Å²) in [5.41, 5.74) is 13.6. The van der Waals surface area contributed by atoms with Crippen molar-refractivity contribution in [1.29, 1.82) is 0 Å². The fourth-order valence-corrected chi connectivity index (χ4v) is 9.11. The van der Waals surface area contributed by atoms with Crippen molar-refractivity contribution < 1.29 is 19.2 Å². The molecule has 13 heteroatoms. The van der Waals surface area contributed by atoms with Crippen molar-refractivity contribution in [3.05, 3.63) is 189 Å². The molecule has 0 aliphatic carbocycles. The van der Waals surface area contributed by atoms with Crippen LogP contribution < -0.4 is 37.3 Å². The molecule has 1 unspecified atom stereocenters. The van der Waals surface area contributed by atoms with Crippen molar-refractivity contribution in [2.24, 2.45) is 9.98 Å². The van der Waals surface area contributed by atoms with Gasteiger partial charge in [0.2, 0.25) is 23.6 Å². The third-order valence-corrected chi connectivity index (χ3v) is 11.7. The van der Waals surface area contributed by atoms with Crippen molar-refractivity contribution in [2.75, 3.05) is 21.3 Å². The van der Waals surface area contributed by atoms with Crippen LogP contribution in [-0.4, -0.2) is 45.4 Å². The zero-order chi connectivity index (χ0) is 44.5. The molecule has 1 aromatic heterocycles. The van der Waals surface area contributed by atoms with Gasteiger partial charge < -0.3 is 31.6 Å². The molecule has 4 aliphatic heterocycles. The topological polar surface area (TPSA) is 169 Å². The van der Waals surface area contributed by atoms with E-state index in [9.17, 15) is 19.2 Å². The van der Waals surface area contributed by atoms with Crippen LogP contribution in [0, 0.1) is 0 Å². The van der Waals surface area contributed by atoms with Crippen molar-refractivity contribution in [1.82, 2.24) is 10.3 Å². The number of H-pyrrole nitrogens is 1. The Kier molecular flexibility index (Phi) is 11.2. The van der Waals surface area contributed by atoms with Crippen LogP contribution in [0.5, 0.6) is 0 Å². The molecule has 4 amide bonds. The van der Waals surface area contributed by atoms with Crippen LogP contribution in [0.1, 0.15) is 49.9 Å². The van der Waals surface area contributed by atoms with Crippen LogP contribution in [0.15, 0.2) is 166 Å². The minimum atomic E-state index is -0.290. The molecule has 9 rings (SSSR count). The molecule has 0 saturated carbocycles. The Bertz CT molecular complexity index is 3130. The van der Waals surface area contributed by atoms with E-state index in [1.807, 2.05) is 133 Å². The predicted molar refractivity (Wildman–Crippen MR) is 258 cm³/mol. The van der Waals surface area contributed by atoms with Gasteiger partial charge in [-0.2, -0.15) is 0 Å². The summed E-state index contributed by atoms with van der Waals surface area (Å²) in [5, 5.41) is 18.7. The van der Waals surface area contributed by atoms with Crippen LogP contribution in [0.2, 0.25) is 0 Å². The first kappa shape index (κ1) is 41.3. The van der Waals surface area contributed by atoms with Gasteiger partial charge in [-0.1, -0.05) is 48.5 Å². The standard InChI is InChI=1S/C51H42N8O4S/c1-28(60)52-36-13-5-32(6-14-36)47-40-21-22-41(56-40)48(33-7-15-37(16-8-33)53-29(2)61)43-25-26-45(58-43)50(35-11-19-39(20-12-35)55-31(4)63)51-59-46(27-64-51)49(44-24-23-42(47)57-44)34-9-17-38(18-10-34)54-30(3)62/h5-27,51,56,59H,1-4H3,(H,52,60)(H,53,61)(H,54,62)(H,55,63). The summed E-state index contributed by atoms with van der Waals surface area (Å²) in [5.74, 6) is -0.633. The van der Waals surface area contributed by atoms with Crippen molar-refractivity contribution >= 4 is 91.9 Å². The summed E-state index contributed by atoms with van der Waals surface area (Å²) in [4.78, 5) is 62.2. The third kappa shape index (κ3) is 8.69. The van der Waals surface area contributed by atoms with E-state index in [4.69, 9.17) is 9.98 Å². The molecule has 316 valence electrons. The van der Waals surface area contributed by atoms with E-state index in [2.05, 4.69) is 37.0 Å².